The van der Waals surface area contributed by atoms with E-state index < -0.39 is 0 Å². The van der Waals surface area contributed by atoms with Crippen LogP contribution in [-0.4, -0.2) is 34.2 Å². The van der Waals surface area contributed by atoms with Crippen LogP contribution in [0.1, 0.15) is 24.1 Å². The summed E-state index contributed by atoms with van der Waals surface area (Å²) in [6, 6.07) is 15.8. The van der Waals surface area contributed by atoms with Crippen LogP contribution in [0.25, 0.3) is 16.6 Å². The molecule has 0 unspecified atom stereocenters. The number of likely N-dealkylation sites (tertiary alicyclic amines) is 1. The lowest BCUT2D eigenvalue weighted by Gasteiger charge is -2.28. The highest BCUT2D eigenvalue weighted by Crippen LogP contribution is 2.25. The van der Waals surface area contributed by atoms with Gasteiger partial charge in [-0.2, -0.15) is 5.26 Å². The van der Waals surface area contributed by atoms with Crippen LogP contribution in [0, 0.1) is 22.7 Å². The smallest absolute Gasteiger partial charge is 0.219 e. The average Bonchev–Trinajstić information content (AvgIpc) is 2.80. The lowest BCUT2D eigenvalue weighted by Crippen LogP contribution is -2.33. The van der Waals surface area contributed by atoms with Crippen molar-refractivity contribution in [1.82, 2.24) is 14.9 Å². The third-order valence-electron chi connectivity index (χ3n) is 5.43. The van der Waals surface area contributed by atoms with Gasteiger partial charge in [-0.25, -0.2) is 4.98 Å². The van der Waals surface area contributed by atoms with E-state index in [9.17, 15) is 0 Å². The summed E-state index contributed by atoms with van der Waals surface area (Å²) in [5, 5.41) is 17.1. The molecule has 156 valence electrons. The van der Waals surface area contributed by atoms with Crippen molar-refractivity contribution < 1.29 is 4.74 Å². The fraction of sp³-hybridized carbons (Fsp3) is 0.250. The molecule has 31 heavy (non-hydrogen) atoms. The molecule has 1 aromatic carbocycles. The third kappa shape index (κ3) is 5.05. The molecule has 1 fully saturated rings. The summed E-state index contributed by atoms with van der Waals surface area (Å²) in [5.74, 6) is 1.35. The predicted molar refractivity (Wildman–Crippen MR) is 121 cm³/mol. The van der Waals surface area contributed by atoms with Crippen molar-refractivity contribution in [1.29, 1.82) is 10.7 Å². The lowest BCUT2D eigenvalue weighted by atomic mass is 9.98. The zero-order valence-corrected chi connectivity index (χ0v) is 17.2. The molecule has 1 aliphatic rings. The number of nitrogens with one attached hydrogen (secondary N) is 1. The topological polar surface area (TPSA) is 112 Å². The Bertz CT molecular complexity index is 1140. The predicted octanol–water partition coefficient (Wildman–Crippen LogP) is 4.11. The van der Waals surface area contributed by atoms with Crippen molar-refractivity contribution in [2.45, 2.75) is 19.4 Å². The highest BCUT2D eigenvalue weighted by molar-refractivity contribution is 5.81. The van der Waals surface area contributed by atoms with Gasteiger partial charge in [-0.05, 0) is 62.3 Å². The molecule has 0 radical (unpaired) electrons. The van der Waals surface area contributed by atoms with Gasteiger partial charge in [0.15, 0.2) is 0 Å². The number of ether oxygens (including phenoxy) is 1. The van der Waals surface area contributed by atoms with Crippen LogP contribution in [0.3, 0.4) is 0 Å². The van der Waals surface area contributed by atoms with Crippen molar-refractivity contribution >= 4 is 22.8 Å². The lowest BCUT2D eigenvalue weighted by molar-refractivity contribution is 0.196. The first-order valence-corrected chi connectivity index (χ1v) is 10.3. The van der Waals surface area contributed by atoms with E-state index in [2.05, 4.69) is 22.0 Å². The van der Waals surface area contributed by atoms with E-state index in [0.717, 1.165) is 60.9 Å². The molecule has 7 nitrogen and oxygen atoms in total. The molecule has 3 aromatic rings. The Morgan fingerprint density at radius 1 is 1.23 bits per heavy atom. The zero-order chi connectivity index (χ0) is 21.6. The minimum Gasteiger partial charge on any atom is -0.439 e. The molecule has 0 aliphatic carbocycles. The first-order chi connectivity index (χ1) is 15.1. The number of fused-ring (bicyclic) bond motifs is 1. The van der Waals surface area contributed by atoms with Gasteiger partial charge in [-0.1, -0.05) is 6.07 Å². The number of piperidine rings is 1. The number of rotatable bonds is 6. The second kappa shape index (κ2) is 9.37. The van der Waals surface area contributed by atoms with E-state index in [1.165, 1.54) is 6.08 Å². The quantitative estimate of drug-likeness (QED) is 0.589. The Morgan fingerprint density at radius 2 is 2.06 bits per heavy atom. The van der Waals surface area contributed by atoms with E-state index in [-0.39, 0.29) is 5.92 Å². The monoisotopic (exact) mass is 412 g/mol. The minimum absolute atomic E-state index is 0.195. The average molecular weight is 412 g/mol. The van der Waals surface area contributed by atoms with Crippen molar-refractivity contribution in [3.05, 3.63) is 66.0 Å². The van der Waals surface area contributed by atoms with Crippen LogP contribution < -0.4 is 10.5 Å². The highest BCUT2D eigenvalue weighted by Gasteiger charge is 2.19. The maximum Gasteiger partial charge on any atom is 0.219 e. The van der Waals surface area contributed by atoms with E-state index in [0.29, 0.717) is 17.3 Å². The van der Waals surface area contributed by atoms with Crippen molar-refractivity contribution in [3.8, 4) is 17.7 Å². The zero-order valence-electron chi connectivity index (χ0n) is 17.2. The molecule has 4 rings (SSSR count). The van der Waals surface area contributed by atoms with Gasteiger partial charge in [0.25, 0.3) is 0 Å². The number of aromatic nitrogens is 2. The third-order valence-corrected chi connectivity index (χ3v) is 5.43. The van der Waals surface area contributed by atoms with Gasteiger partial charge in [0, 0.05) is 47.6 Å². The number of pyridine rings is 2. The van der Waals surface area contributed by atoms with Crippen molar-refractivity contribution in [2.24, 2.45) is 11.7 Å². The van der Waals surface area contributed by atoms with E-state index in [1.54, 1.807) is 12.3 Å². The Morgan fingerprint density at radius 3 is 2.77 bits per heavy atom. The Hall–Kier alpha value is -3.76. The maximum atomic E-state index is 9.05. The first kappa shape index (κ1) is 20.5. The molecule has 7 heteroatoms. The normalized spacial score (nSPS) is 15.5. The van der Waals surface area contributed by atoms with E-state index in [1.807, 2.05) is 30.3 Å². The molecule has 2 aromatic heterocycles. The first-order valence-electron chi connectivity index (χ1n) is 10.3. The molecular weight excluding hydrogens is 388 g/mol. The molecule has 3 heterocycles. The number of nitrogens with two attached hydrogens (primary N) is 1. The summed E-state index contributed by atoms with van der Waals surface area (Å²) in [6.07, 6.45) is 6.15. The Kier molecular flexibility index (Phi) is 6.20. The van der Waals surface area contributed by atoms with Gasteiger partial charge in [-0.3, -0.25) is 9.88 Å². The molecule has 3 N–H and O–H groups in total. The molecule has 0 amide bonds. The van der Waals surface area contributed by atoms with Crippen LogP contribution in [0.2, 0.25) is 0 Å². The van der Waals surface area contributed by atoms with Crippen LogP contribution >= 0.6 is 0 Å². The van der Waals surface area contributed by atoms with Crippen LogP contribution in [-0.2, 0) is 6.54 Å². The van der Waals surface area contributed by atoms with Crippen LogP contribution in [0.15, 0.2) is 54.7 Å². The number of hydrogen-bond donors (Lipinski definition) is 2. The second-order valence-corrected chi connectivity index (χ2v) is 7.61. The van der Waals surface area contributed by atoms with Gasteiger partial charge >= 0.3 is 0 Å². The largest absolute Gasteiger partial charge is 0.439 e. The fourth-order valence-corrected chi connectivity index (χ4v) is 3.66. The molecule has 1 saturated heterocycles. The van der Waals surface area contributed by atoms with Gasteiger partial charge in [-0.15, -0.1) is 0 Å². The molecular formula is C24H24N6O. The summed E-state index contributed by atoms with van der Waals surface area (Å²) >= 11 is 0. The second-order valence-electron chi connectivity index (χ2n) is 7.61. The number of allylic oxidation sites excluding steroid dienone is 1. The molecule has 0 bridgehead atoms. The molecule has 0 spiro atoms. The number of nitriles is 1. The van der Waals surface area contributed by atoms with Crippen molar-refractivity contribution in [2.75, 3.05) is 13.1 Å². The van der Waals surface area contributed by atoms with Crippen molar-refractivity contribution in [3.63, 3.8) is 0 Å². The van der Waals surface area contributed by atoms with Gasteiger partial charge in [0.1, 0.15) is 5.75 Å². The molecule has 0 saturated carbocycles. The van der Waals surface area contributed by atoms with Gasteiger partial charge in [0.05, 0.1) is 17.3 Å². The molecule has 0 atom stereocenters. The number of hydrogen-bond acceptors (Lipinski definition) is 7. The van der Waals surface area contributed by atoms with Gasteiger partial charge in [0.2, 0.25) is 5.88 Å². The summed E-state index contributed by atoms with van der Waals surface area (Å²) < 4.78 is 5.87. The summed E-state index contributed by atoms with van der Waals surface area (Å²) in [4.78, 5) is 11.4. The molecule has 1 aliphatic heterocycles. The summed E-state index contributed by atoms with van der Waals surface area (Å²) in [6.45, 7) is 2.69. The van der Waals surface area contributed by atoms with Crippen LogP contribution in [0.5, 0.6) is 11.6 Å². The fourth-order valence-electron chi connectivity index (χ4n) is 3.66. The SMILES string of the molecule is N#CC1CCN(Cc2ccc3cc(Oc4ccc(/C(N)=C/C=N)cn4)ccc3n2)CC1. The van der Waals surface area contributed by atoms with E-state index in [4.69, 9.17) is 26.1 Å². The summed E-state index contributed by atoms with van der Waals surface area (Å²) in [7, 11) is 0. The highest BCUT2D eigenvalue weighted by atomic mass is 16.5. The Balaban J connectivity index is 1.43. The standard InChI is InChI=1S/C24H24N6O/c25-10-7-22(27)19-2-6-24(28-15-19)31-21-4-5-23-18(13-21)1-3-20(29-23)16-30-11-8-17(14-26)9-12-30/h1-7,10,13,15,17,25H,8-9,11-12,16,27H2/b22-7-,25-10?. The van der Waals surface area contributed by atoms with Gasteiger partial charge < -0.3 is 15.9 Å². The number of benzene rings is 1. The summed E-state index contributed by atoms with van der Waals surface area (Å²) in [5.41, 5.74) is 9.03. The maximum absolute atomic E-state index is 9.05. The number of nitrogens with zero attached hydrogens (tertiary/aromatic N) is 4. The van der Waals surface area contributed by atoms with Crippen LogP contribution in [0.4, 0.5) is 0 Å². The minimum atomic E-state index is 0.195. The van der Waals surface area contributed by atoms with E-state index >= 15 is 0 Å². The Labute approximate surface area is 181 Å².